The summed E-state index contributed by atoms with van der Waals surface area (Å²) in [4.78, 5) is 72.9. The maximum atomic E-state index is 13.1. The minimum Gasteiger partial charge on any atom is -0.462 e. The summed E-state index contributed by atoms with van der Waals surface area (Å²) in [6.07, 6.45) is 60.6. The largest absolute Gasteiger partial charge is 0.472 e. The summed E-state index contributed by atoms with van der Waals surface area (Å²) < 4.78 is 68.6. The molecule has 0 bridgehead atoms. The van der Waals surface area contributed by atoms with E-state index in [9.17, 15) is 43.2 Å². The predicted molar refractivity (Wildman–Crippen MR) is 404 cm³/mol. The van der Waals surface area contributed by atoms with Crippen molar-refractivity contribution in [3.8, 4) is 0 Å². The average Bonchev–Trinajstić information content (AvgIpc) is 0.979. The monoisotopic (exact) mass is 1450 g/mol. The molecular weight excluding hydrogens is 1290 g/mol. The maximum absolute atomic E-state index is 13.1. The van der Waals surface area contributed by atoms with Gasteiger partial charge in [-0.3, -0.25) is 37.3 Å². The molecule has 0 fully saturated rings. The molecule has 0 heterocycles. The molecule has 0 aliphatic rings. The van der Waals surface area contributed by atoms with Crippen LogP contribution in [0.2, 0.25) is 0 Å². The van der Waals surface area contributed by atoms with Crippen LogP contribution in [0.5, 0.6) is 0 Å². The minimum absolute atomic E-state index is 0.0982. The molecule has 0 amide bonds. The first-order valence-corrected chi connectivity index (χ1v) is 43.7. The zero-order valence-electron chi connectivity index (χ0n) is 64.4. The average molecular weight is 1450 g/mol. The lowest BCUT2D eigenvalue weighted by Gasteiger charge is -2.21. The van der Waals surface area contributed by atoms with E-state index in [0.29, 0.717) is 31.6 Å². The number of hydrogen-bond donors (Lipinski definition) is 3. The summed E-state index contributed by atoms with van der Waals surface area (Å²) in [6.45, 7) is 11.8. The molecule has 0 aromatic heterocycles. The summed E-state index contributed by atoms with van der Waals surface area (Å²) in [7, 11) is -9.93. The Labute approximate surface area is 605 Å². The van der Waals surface area contributed by atoms with Gasteiger partial charge in [-0.15, -0.1) is 0 Å². The van der Waals surface area contributed by atoms with Gasteiger partial charge in [-0.25, -0.2) is 9.13 Å². The molecule has 0 spiro atoms. The van der Waals surface area contributed by atoms with E-state index in [2.05, 4.69) is 72.8 Å². The SMILES string of the molecule is CCCCCC/C=C\C=C/CCCCCCCC(=O)OC[C@H](COP(=O)(O)OCC(O)COP(=O)(O)OC[C@@H](COC(=O)CCCCCCCCCC(C)C)OC(=O)CCCCCCCCCCCCCCCCCCCCC(C)CC)OC(=O)CCCCCCCCCCCC(C)C. The summed E-state index contributed by atoms with van der Waals surface area (Å²) in [5.74, 6) is 0.161. The molecule has 3 N–H and O–H groups in total. The molecule has 584 valence electrons. The fourth-order valence-electron chi connectivity index (χ4n) is 11.7. The topological polar surface area (TPSA) is 237 Å². The van der Waals surface area contributed by atoms with Crippen molar-refractivity contribution in [1.82, 2.24) is 0 Å². The Balaban J connectivity index is 5.21. The van der Waals surface area contributed by atoms with Gasteiger partial charge in [0.2, 0.25) is 0 Å². The smallest absolute Gasteiger partial charge is 0.462 e. The van der Waals surface area contributed by atoms with Crippen LogP contribution in [0.4, 0.5) is 0 Å². The quantitative estimate of drug-likeness (QED) is 0.0169. The molecule has 19 heteroatoms. The third kappa shape index (κ3) is 72.3. The van der Waals surface area contributed by atoms with Crippen molar-refractivity contribution in [2.75, 3.05) is 39.6 Å². The lowest BCUT2D eigenvalue weighted by molar-refractivity contribution is -0.161. The predicted octanol–water partition coefficient (Wildman–Crippen LogP) is 23.3. The lowest BCUT2D eigenvalue weighted by atomic mass is 9.99. The van der Waals surface area contributed by atoms with Gasteiger partial charge in [0.25, 0.3) is 0 Å². The number of esters is 4. The van der Waals surface area contributed by atoms with Crippen molar-refractivity contribution in [2.45, 2.75) is 407 Å². The zero-order valence-corrected chi connectivity index (χ0v) is 66.2. The molecule has 0 aliphatic carbocycles. The highest BCUT2D eigenvalue weighted by Gasteiger charge is 2.30. The molecule has 0 radical (unpaired) electrons. The number of phosphoric acid groups is 2. The second-order valence-corrected chi connectivity index (χ2v) is 32.2. The molecule has 6 atom stereocenters. The van der Waals surface area contributed by atoms with Gasteiger partial charge < -0.3 is 33.8 Å². The highest BCUT2D eigenvalue weighted by molar-refractivity contribution is 7.47. The summed E-state index contributed by atoms with van der Waals surface area (Å²) in [5.41, 5.74) is 0. The van der Waals surface area contributed by atoms with E-state index >= 15 is 0 Å². The number of ether oxygens (including phenoxy) is 4. The van der Waals surface area contributed by atoms with E-state index in [1.165, 1.54) is 173 Å². The van der Waals surface area contributed by atoms with Crippen LogP contribution >= 0.6 is 15.6 Å². The van der Waals surface area contributed by atoms with E-state index in [0.717, 1.165) is 127 Å². The van der Waals surface area contributed by atoms with E-state index in [-0.39, 0.29) is 25.7 Å². The van der Waals surface area contributed by atoms with Crippen LogP contribution in [0.15, 0.2) is 24.3 Å². The van der Waals surface area contributed by atoms with Gasteiger partial charge >= 0.3 is 39.5 Å². The van der Waals surface area contributed by atoms with Gasteiger partial charge in [-0.05, 0) is 69.1 Å². The van der Waals surface area contributed by atoms with Crippen molar-refractivity contribution < 1.29 is 80.2 Å². The first-order valence-electron chi connectivity index (χ1n) is 40.7. The van der Waals surface area contributed by atoms with E-state index in [4.69, 9.17) is 37.0 Å². The molecule has 0 aliphatic heterocycles. The van der Waals surface area contributed by atoms with Crippen LogP contribution in [0.3, 0.4) is 0 Å². The van der Waals surface area contributed by atoms with Crippen LogP contribution in [0, 0.1) is 17.8 Å². The Morgan fingerprint density at radius 1 is 0.333 bits per heavy atom. The van der Waals surface area contributed by atoms with Crippen molar-refractivity contribution in [1.29, 1.82) is 0 Å². The molecule has 99 heavy (non-hydrogen) atoms. The standard InChI is InChI=1S/C80H152O17P2/c1-8-10-11-12-13-14-15-16-21-25-28-33-40-47-54-61-77(82)90-67-75(97-80(85)64-57-50-42-35-30-31-37-44-51-58-71(3)4)69-94-98(86,87)92-65-74(81)66-93-99(88,89)95-70-76(68-91-78(83)62-55-48-43-36-38-45-52-59-72(5)6)96-79(84)63-56-49-41-34-29-26-23-20-18-17-19-22-24-27-32-39-46-53-60-73(7)9-2/h14-16,21,71-76,81H,8-13,17-20,22-70H2,1-7H3,(H,86,87)(H,88,89)/b15-14-,21-16-/t73?,74?,75-,76-/m1/s1. The van der Waals surface area contributed by atoms with Crippen LogP contribution in [0.1, 0.15) is 389 Å². The summed E-state index contributed by atoms with van der Waals surface area (Å²) >= 11 is 0. The van der Waals surface area contributed by atoms with Gasteiger partial charge in [0.05, 0.1) is 26.4 Å². The number of carbonyl (C=O) groups excluding carboxylic acids is 4. The lowest BCUT2D eigenvalue weighted by Crippen LogP contribution is -2.30. The number of aliphatic hydroxyl groups excluding tert-OH is 1. The molecule has 0 saturated heterocycles. The van der Waals surface area contributed by atoms with Gasteiger partial charge in [0, 0.05) is 25.7 Å². The van der Waals surface area contributed by atoms with Gasteiger partial charge in [0.15, 0.2) is 12.2 Å². The fraction of sp³-hybridized carbons (Fsp3) is 0.900. The maximum Gasteiger partial charge on any atom is 0.472 e. The van der Waals surface area contributed by atoms with Gasteiger partial charge in [-0.1, -0.05) is 336 Å². The number of aliphatic hydroxyl groups is 1. The Hall–Kier alpha value is -2.46. The van der Waals surface area contributed by atoms with Crippen LogP contribution < -0.4 is 0 Å². The first-order chi connectivity index (χ1) is 47.8. The number of carbonyl (C=O) groups is 4. The van der Waals surface area contributed by atoms with Crippen molar-refractivity contribution in [3.63, 3.8) is 0 Å². The van der Waals surface area contributed by atoms with Gasteiger partial charge in [0.1, 0.15) is 19.3 Å². The Morgan fingerprint density at radius 3 is 0.899 bits per heavy atom. The number of unbranched alkanes of at least 4 members (excludes halogenated alkanes) is 40. The number of phosphoric ester groups is 2. The van der Waals surface area contributed by atoms with Gasteiger partial charge in [-0.2, -0.15) is 0 Å². The third-order valence-corrected chi connectivity index (χ3v) is 20.3. The molecule has 0 rings (SSSR count). The number of hydrogen-bond acceptors (Lipinski definition) is 15. The molecule has 4 unspecified atom stereocenters. The summed E-state index contributed by atoms with van der Waals surface area (Å²) in [5, 5.41) is 10.6. The Morgan fingerprint density at radius 2 is 0.596 bits per heavy atom. The van der Waals surface area contributed by atoms with Crippen molar-refractivity contribution in [2.24, 2.45) is 17.8 Å². The van der Waals surface area contributed by atoms with Crippen molar-refractivity contribution in [3.05, 3.63) is 24.3 Å². The van der Waals surface area contributed by atoms with E-state index < -0.39 is 97.5 Å². The van der Waals surface area contributed by atoms with Crippen molar-refractivity contribution >= 4 is 39.5 Å². The highest BCUT2D eigenvalue weighted by atomic mass is 31.2. The fourth-order valence-corrected chi connectivity index (χ4v) is 13.3. The van der Waals surface area contributed by atoms with Crippen LogP contribution in [-0.4, -0.2) is 96.7 Å². The van der Waals surface area contributed by atoms with Crippen LogP contribution in [0.25, 0.3) is 0 Å². The Kier molecular flexibility index (Phi) is 68.1. The van der Waals surface area contributed by atoms with Crippen LogP contribution in [-0.2, 0) is 65.4 Å². The van der Waals surface area contributed by atoms with E-state index in [1.807, 2.05) is 0 Å². The zero-order chi connectivity index (χ0) is 73.0. The normalized spacial score (nSPS) is 14.4. The molecule has 0 saturated carbocycles. The van der Waals surface area contributed by atoms with E-state index in [1.54, 1.807) is 0 Å². The minimum atomic E-state index is -4.97. The number of allylic oxidation sites excluding steroid dienone is 4. The molecular formula is C80H152O17P2. The first kappa shape index (κ1) is 96.5. The molecule has 17 nitrogen and oxygen atoms in total. The Bertz CT molecular complexity index is 2020. The third-order valence-electron chi connectivity index (χ3n) is 18.4. The second kappa shape index (κ2) is 69.9. The number of rotatable bonds is 76. The summed E-state index contributed by atoms with van der Waals surface area (Å²) in [6, 6.07) is 0. The molecule has 0 aromatic rings. The molecule has 0 aromatic carbocycles. The second-order valence-electron chi connectivity index (χ2n) is 29.3. The highest BCUT2D eigenvalue weighted by Crippen LogP contribution is 2.45.